The summed E-state index contributed by atoms with van der Waals surface area (Å²) >= 11 is 0. The molecular formula is C15H29N3O2. The van der Waals surface area contributed by atoms with Gasteiger partial charge in [-0.3, -0.25) is 14.5 Å². The molecule has 116 valence electrons. The van der Waals surface area contributed by atoms with E-state index >= 15 is 0 Å². The molecule has 0 saturated carbocycles. The van der Waals surface area contributed by atoms with Crippen molar-refractivity contribution in [2.45, 2.75) is 46.0 Å². The van der Waals surface area contributed by atoms with E-state index in [0.29, 0.717) is 25.3 Å². The molecule has 0 radical (unpaired) electrons. The predicted octanol–water partition coefficient (Wildman–Crippen LogP) is 1.14. The van der Waals surface area contributed by atoms with Crippen LogP contribution in [0.1, 0.15) is 46.0 Å². The van der Waals surface area contributed by atoms with E-state index in [1.54, 1.807) is 0 Å². The summed E-state index contributed by atoms with van der Waals surface area (Å²) in [6.07, 6.45) is 3.72. The van der Waals surface area contributed by atoms with Crippen molar-refractivity contribution < 1.29 is 9.59 Å². The molecule has 0 atom stereocenters. The van der Waals surface area contributed by atoms with Gasteiger partial charge in [-0.25, -0.2) is 0 Å². The topological polar surface area (TPSA) is 61.4 Å². The first kappa shape index (κ1) is 17.1. The maximum atomic E-state index is 11.6. The van der Waals surface area contributed by atoms with E-state index < -0.39 is 0 Å². The van der Waals surface area contributed by atoms with Crippen LogP contribution in [0.25, 0.3) is 0 Å². The zero-order valence-electron chi connectivity index (χ0n) is 12.9. The molecule has 0 spiro atoms. The smallest absolute Gasteiger partial charge is 0.229 e. The number of hydrogen-bond donors (Lipinski definition) is 2. The molecule has 0 unspecified atom stereocenters. The van der Waals surface area contributed by atoms with E-state index in [4.69, 9.17) is 0 Å². The standard InChI is InChI=1S/C15H29N3O2/c1-13(2)12-17-9-4-8-16-10-5-11-18-14(19)6-3-7-15(18)20/h13,16-17H,3-12H2,1-2H3. The zero-order chi connectivity index (χ0) is 14.8. The number of piperidine rings is 1. The summed E-state index contributed by atoms with van der Waals surface area (Å²) in [6.45, 7) is 8.92. The van der Waals surface area contributed by atoms with Crippen LogP contribution in [0.3, 0.4) is 0 Å². The lowest BCUT2D eigenvalue weighted by molar-refractivity contribution is -0.147. The minimum Gasteiger partial charge on any atom is -0.317 e. The second-order valence-electron chi connectivity index (χ2n) is 5.85. The third-order valence-corrected chi connectivity index (χ3v) is 3.38. The van der Waals surface area contributed by atoms with E-state index in [9.17, 15) is 9.59 Å². The molecule has 0 aromatic carbocycles. The molecule has 1 aliphatic heterocycles. The van der Waals surface area contributed by atoms with Gasteiger partial charge in [0.05, 0.1) is 0 Å². The van der Waals surface area contributed by atoms with Crippen LogP contribution in [0, 0.1) is 5.92 Å². The number of likely N-dealkylation sites (tertiary alicyclic amines) is 1. The molecular weight excluding hydrogens is 254 g/mol. The largest absolute Gasteiger partial charge is 0.317 e. The maximum Gasteiger partial charge on any atom is 0.229 e. The van der Waals surface area contributed by atoms with Gasteiger partial charge in [0.15, 0.2) is 0 Å². The summed E-state index contributed by atoms with van der Waals surface area (Å²) in [5.41, 5.74) is 0. The maximum absolute atomic E-state index is 11.6. The fraction of sp³-hybridized carbons (Fsp3) is 0.867. The molecule has 2 N–H and O–H groups in total. The lowest BCUT2D eigenvalue weighted by atomic mass is 10.1. The van der Waals surface area contributed by atoms with Crippen molar-refractivity contribution in [1.82, 2.24) is 15.5 Å². The highest BCUT2D eigenvalue weighted by Gasteiger charge is 2.24. The Morgan fingerprint density at radius 3 is 2.25 bits per heavy atom. The van der Waals surface area contributed by atoms with Crippen LogP contribution in [0.2, 0.25) is 0 Å². The first-order chi connectivity index (χ1) is 9.61. The highest BCUT2D eigenvalue weighted by atomic mass is 16.2. The molecule has 5 nitrogen and oxygen atoms in total. The van der Waals surface area contributed by atoms with Crippen LogP contribution < -0.4 is 10.6 Å². The number of nitrogens with zero attached hydrogens (tertiary/aromatic N) is 1. The Kier molecular flexibility index (Phi) is 8.46. The molecule has 1 heterocycles. The zero-order valence-corrected chi connectivity index (χ0v) is 12.9. The average Bonchev–Trinajstić information content (AvgIpc) is 2.39. The Morgan fingerprint density at radius 2 is 1.60 bits per heavy atom. The Labute approximate surface area is 122 Å². The molecule has 2 amide bonds. The van der Waals surface area contributed by atoms with Crippen molar-refractivity contribution in [2.24, 2.45) is 5.92 Å². The fourth-order valence-electron chi connectivity index (χ4n) is 2.27. The number of imide groups is 1. The van der Waals surface area contributed by atoms with Gasteiger partial charge in [-0.1, -0.05) is 13.8 Å². The Bertz CT molecular complexity index is 289. The van der Waals surface area contributed by atoms with Gasteiger partial charge in [0.25, 0.3) is 0 Å². The minimum atomic E-state index is -0.000801. The Hall–Kier alpha value is -0.940. The number of carbonyl (C=O) groups is 2. The first-order valence-corrected chi connectivity index (χ1v) is 7.86. The second-order valence-corrected chi connectivity index (χ2v) is 5.85. The van der Waals surface area contributed by atoms with Gasteiger partial charge in [-0.15, -0.1) is 0 Å². The van der Waals surface area contributed by atoms with Gasteiger partial charge < -0.3 is 10.6 Å². The van der Waals surface area contributed by atoms with Crippen LogP contribution in [-0.4, -0.2) is 49.4 Å². The molecule has 5 heteroatoms. The first-order valence-electron chi connectivity index (χ1n) is 7.86. The molecule has 1 rings (SSSR count). The summed E-state index contributed by atoms with van der Waals surface area (Å²) < 4.78 is 0. The van der Waals surface area contributed by atoms with Crippen molar-refractivity contribution >= 4 is 11.8 Å². The third kappa shape index (κ3) is 7.01. The third-order valence-electron chi connectivity index (χ3n) is 3.38. The Balaban J connectivity index is 1.94. The lowest BCUT2D eigenvalue weighted by Gasteiger charge is -2.24. The quantitative estimate of drug-likeness (QED) is 0.466. The van der Waals surface area contributed by atoms with Gasteiger partial charge in [-0.05, 0) is 51.4 Å². The van der Waals surface area contributed by atoms with Crippen LogP contribution in [0.15, 0.2) is 0 Å². The van der Waals surface area contributed by atoms with Gasteiger partial charge in [0, 0.05) is 19.4 Å². The lowest BCUT2D eigenvalue weighted by Crippen LogP contribution is -2.41. The molecule has 0 aromatic rings. The molecule has 1 aliphatic rings. The van der Waals surface area contributed by atoms with Crippen LogP contribution >= 0.6 is 0 Å². The summed E-state index contributed by atoms with van der Waals surface area (Å²) in [5.74, 6) is 0.695. The summed E-state index contributed by atoms with van der Waals surface area (Å²) in [7, 11) is 0. The molecule has 0 aromatic heterocycles. The highest BCUT2D eigenvalue weighted by molar-refractivity contribution is 5.97. The molecule has 0 bridgehead atoms. The van der Waals surface area contributed by atoms with E-state index in [2.05, 4.69) is 24.5 Å². The molecule has 1 fully saturated rings. The van der Waals surface area contributed by atoms with Crippen molar-refractivity contribution in [3.8, 4) is 0 Å². The van der Waals surface area contributed by atoms with E-state index in [1.165, 1.54) is 4.90 Å². The number of carbonyl (C=O) groups excluding carboxylic acids is 2. The summed E-state index contributed by atoms with van der Waals surface area (Å²) in [6, 6.07) is 0. The molecule has 0 aliphatic carbocycles. The van der Waals surface area contributed by atoms with Gasteiger partial charge >= 0.3 is 0 Å². The monoisotopic (exact) mass is 283 g/mol. The minimum absolute atomic E-state index is 0.000801. The second kappa shape index (κ2) is 9.88. The van der Waals surface area contributed by atoms with Crippen molar-refractivity contribution in [3.63, 3.8) is 0 Å². The van der Waals surface area contributed by atoms with Gasteiger partial charge in [0.2, 0.25) is 11.8 Å². The normalized spacial score (nSPS) is 16.2. The Morgan fingerprint density at radius 1 is 1.00 bits per heavy atom. The SMILES string of the molecule is CC(C)CNCCCNCCCN1C(=O)CCCC1=O. The average molecular weight is 283 g/mol. The summed E-state index contributed by atoms with van der Waals surface area (Å²) in [5, 5.41) is 6.75. The fourth-order valence-corrected chi connectivity index (χ4v) is 2.27. The van der Waals surface area contributed by atoms with Crippen molar-refractivity contribution in [3.05, 3.63) is 0 Å². The van der Waals surface area contributed by atoms with Crippen LogP contribution in [0.4, 0.5) is 0 Å². The summed E-state index contributed by atoms with van der Waals surface area (Å²) in [4.78, 5) is 24.6. The van der Waals surface area contributed by atoms with E-state index in [1.807, 2.05) is 0 Å². The van der Waals surface area contributed by atoms with E-state index in [-0.39, 0.29) is 11.8 Å². The van der Waals surface area contributed by atoms with Gasteiger partial charge in [-0.2, -0.15) is 0 Å². The van der Waals surface area contributed by atoms with E-state index in [0.717, 1.165) is 45.4 Å². The van der Waals surface area contributed by atoms with Crippen LogP contribution in [0.5, 0.6) is 0 Å². The number of nitrogens with one attached hydrogen (secondary N) is 2. The van der Waals surface area contributed by atoms with Crippen LogP contribution in [-0.2, 0) is 9.59 Å². The van der Waals surface area contributed by atoms with Crippen molar-refractivity contribution in [2.75, 3.05) is 32.7 Å². The highest BCUT2D eigenvalue weighted by Crippen LogP contribution is 2.12. The molecule has 1 saturated heterocycles. The van der Waals surface area contributed by atoms with Crippen molar-refractivity contribution in [1.29, 1.82) is 0 Å². The predicted molar refractivity (Wildman–Crippen MR) is 80.4 cm³/mol. The number of amides is 2. The number of hydrogen-bond acceptors (Lipinski definition) is 4. The molecule has 20 heavy (non-hydrogen) atoms. The number of rotatable bonds is 10. The van der Waals surface area contributed by atoms with Gasteiger partial charge in [0.1, 0.15) is 0 Å².